The summed E-state index contributed by atoms with van der Waals surface area (Å²) in [7, 11) is -2.30. The second-order valence-electron chi connectivity index (χ2n) is 9.04. The van der Waals surface area contributed by atoms with Crippen molar-refractivity contribution in [2.24, 2.45) is 17.8 Å². The molecule has 0 saturated heterocycles. The summed E-state index contributed by atoms with van der Waals surface area (Å²) in [4.78, 5) is 0. The minimum absolute atomic E-state index is 0.389. The number of hydrogen-bond acceptors (Lipinski definition) is 1. The quantitative estimate of drug-likeness (QED) is 0.697. The Morgan fingerprint density at radius 3 is 1.58 bits per heavy atom. The van der Waals surface area contributed by atoms with Gasteiger partial charge in [0.1, 0.15) is 0 Å². The van der Waals surface area contributed by atoms with Gasteiger partial charge < -0.3 is 4.43 Å². The van der Waals surface area contributed by atoms with Crippen molar-refractivity contribution >= 4 is 18.7 Å². The lowest BCUT2D eigenvalue weighted by atomic mass is 9.56. The molecule has 4 fully saturated rings. The van der Waals surface area contributed by atoms with Crippen molar-refractivity contribution in [2.45, 2.75) is 50.5 Å². The van der Waals surface area contributed by atoms with Gasteiger partial charge in [0.05, 0.1) is 0 Å². The number of rotatable bonds is 5. The smallest absolute Gasteiger partial charge is 0.261 e. The molecule has 4 aliphatic rings. The molecule has 0 atom stereocenters. The first-order chi connectivity index (χ1) is 12.8. The molecular weight excluding hydrogens is 332 g/mol. The van der Waals surface area contributed by atoms with Crippen LogP contribution < -0.4 is 10.4 Å². The summed E-state index contributed by atoms with van der Waals surface area (Å²) in [6.45, 7) is 3.02. The average molecular weight is 363 g/mol. The van der Waals surface area contributed by atoms with Gasteiger partial charge in [-0.1, -0.05) is 60.7 Å². The van der Waals surface area contributed by atoms with Crippen LogP contribution in [0.15, 0.2) is 60.7 Å². The number of hydrogen-bond donors (Lipinski definition) is 0. The third-order valence-corrected chi connectivity index (χ3v) is 12.6. The van der Waals surface area contributed by atoms with E-state index in [1.54, 1.807) is 0 Å². The van der Waals surface area contributed by atoms with Gasteiger partial charge in [0.15, 0.2) is 0 Å². The van der Waals surface area contributed by atoms with Gasteiger partial charge in [0, 0.05) is 6.61 Å². The molecule has 0 unspecified atom stereocenters. The summed E-state index contributed by atoms with van der Waals surface area (Å²) in [5.74, 6) is 2.84. The third kappa shape index (κ3) is 2.38. The summed E-state index contributed by atoms with van der Waals surface area (Å²) in [5, 5.41) is 3.38. The highest BCUT2D eigenvalue weighted by Crippen LogP contribution is 2.67. The van der Waals surface area contributed by atoms with Crippen LogP contribution >= 0.6 is 0 Å². The Morgan fingerprint density at radius 1 is 0.769 bits per heavy atom. The lowest BCUT2D eigenvalue weighted by molar-refractivity contribution is 0.0177. The maximum atomic E-state index is 7.03. The largest absolute Gasteiger partial charge is 0.408 e. The van der Waals surface area contributed by atoms with E-state index in [9.17, 15) is 0 Å². The molecule has 0 amide bonds. The van der Waals surface area contributed by atoms with E-state index in [0.29, 0.717) is 5.04 Å². The maximum Gasteiger partial charge on any atom is 0.261 e. The van der Waals surface area contributed by atoms with E-state index in [-0.39, 0.29) is 0 Å². The second kappa shape index (κ2) is 6.35. The highest BCUT2D eigenvalue weighted by Gasteiger charge is 2.64. The molecular formula is C24H30OSi. The van der Waals surface area contributed by atoms with E-state index in [4.69, 9.17) is 4.43 Å². The first kappa shape index (κ1) is 16.8. The predicted octanol–water partition coefficient (Wildman–Crippen LogP) is 4.75. The van der Waals surface area contributed by atoms with E-state index in [1.807, 2.05) is 0 Å². The zero-order valence-electron chi connectivity index (χ0n) is 15.9. The van der Waals surface area contributed by atoms with Crippen molar-refractivity contribution in [2.75, 3.05) is 6.61 Å². The standard InChI is InChI=1S/C24H30OSi/c1-2-25-26(22-9-5-3-6-10-22,23-11-7-4-8-12-23)24-16-19-13-20(17-24)15-21(14-19)18-24/h3-12,19-21H,2,13-18H2,1H3. The average Bonchev–Trinajstić information content (AvgIpc) is 2.66. The predicted molar refractivity (Wildman–Crippen MR) is 110 cm³/mol. The highest BCUT2D eigenvalue weighted by atomic mass is 28.4. The van der Waals surface area contributed by atoms with E-state index < -0.39 is 8.32 Å². The summed E-state index contributed by atoms with van der Waals surface area (Å²) >= 11 is 0. The van der Waals surface area contributed by atoms with Gasteiger partial charge in [-0.05, 0) is 78.6 Å². The van der Waals surface area contributed by atoms with E-state index in [1.165, 1.54) is 48.9 Å². The van der Waals surface area contributed by atoms with Crippen molar-refractivity contribution in [3.8, 4) is 0 Å². The van der Waals surface area contributed by atoms with Crippen LogP contribution in [0, 0.1) is 17.8 Å². The van der Waals surface area contributed by atoms with Crippen LogP contribution in [0.3, 0.4) is 0 Å². The van der Waals surface area contributed by atoms with Crippen LogP contribution in [0.2, 0.25) is 5.04 Å². The molecule has 0 radical (unpaired) electrons. The van der Waals surface area contributed by atoms with Crippen LogP contribution in [0.4, 0.5) is 0 Å². The molecule has 0 N–H and O–H groups in total. The SMILES string of the molecule is CCO[Si](c1ccccc1)(c1ccccc1)C12CC3CC(CC(C3)C1)C2. The van der Waals surface area contributed by atoms with E-state index in [2.05, 4.69) is 67.6 Å². The minimum Gasteiger partial charge on any atom is -0.408 e. The Morgan fingerprint density at radius 2 is 1.19 bits per heavy atom. The Bertz CT molecular complexity index is 680. The van der Waals surface area contributed by atoms with Gasteiger partial charge >= 0.3 is 0 Å². The molecule has 1 nitrogen and oxygen atoms in total. The molecule has 26 heavy (non-hydrogen) atoms. The number of benzene rings is 2. The minimum atomic E-state index is -2.30. The maximum absolute atomic E-state index is 7.03. The molecule has 4 bridgehead atoms. The van der Waals surface area contributed by atoms with Crippen LogP contribution in [0.1, 0.15) is 45.4 Å². The van der Waals surface area contributed by atoms with Crippen LogP contribution in [0.25, 0.3) is 0 Å². The molecule has 2 heteroatoms. The Kier molecular flexibility index (Phi) is 4.09. The molecule has 6 rings (SSSR count). The Hall–Kier alpha value is -1.38. The third-order valence-electron chi connectivity index (χ3n) is 7.51. The van der Waals surface area contributed by atoms with Gasteiger partial charge in [0.2, 0.25) is 0 Å². The Balaban J connectivity index is 1.74. The molecule has 0 aromatic heterocycles. The monoisotopic (exact) mass is 362 g/mol. The molecule has 4 aliphatic carbocycles. The van der Waals surface area contributed by atoms with Gasteiger partial charge in [0.25, 0.3) is 8.32 Å². The summed E-state index contributed by atoms with van der Waals surface area (Å²) in [5.41, 5.74) is 0. The molecule has 2 aromatic rings. The molecule has 4 saturated carbocycles. The molecule has 0 heterocycles. The topological polar surface area (TPSA) is 9.23 Å². The van der Waals surface area contributed by atoms with Crippen molar-refractivity contribution in [3.63, 3.8) is 0 Å². The van der Waals surface area contributed by atoms with Gasteiger partial charge in [-0.15, -0.1) is 0 Å². The lowest BCUT2D eigenvalue weighted by Crippen LogP contribution is -2.71. The van der Waals surface area contributed by atoms with Crippen molar-refractivity contribution in [1.29, 1.82) is 0 Å². The Labute approximate surface area is 158 Å². The van der Waals surface area contributed by atoms with Crippen molar-refractivity contribution < 1.29 is 4.43 Å². The lowest BCUT2D eigenvalue weighted by Gasteiger charge is -2.62. The fourth-order valence-electron chi connectivity index (χ4n) is 7.20. The van der Waals surface area contributed by atoms with Crippen LogP contribution in [-0.4, -0.2) is 14.9 Å². The zero-order chi connectivity index (χ0) is 17.6. The van der Waals surface area contributed by atoms with E-state index in [0.717, 1.165) is 24.4 Å². The van der Waals surface area contributed by atoms with Gasteiger partial charge in [-0.3, -0.25) is 0 Å². The summed E-state index contributed by atoms with van der Waals surface area (Å²) < 4.78 is 7.03. The van der Waals surface area contributed by atoms with Crippen LogP contribution in [0.5, 0.6) is 0 Å². The summed E-state index contributed by atoms with van der Waals surface area (Å²) in [6, 6.07) is 22.7. The second-order valence-corrected chi connectivity index (χ2v) is 12.9. The first-order valence-corrected chi connectivity index (χ1v) is 12.4. The van der Waals surface area contributed by atoms with Crippen molar-refractivity contribution in [1.82, 2.24) is 0 Å². The zero-order valence-corrected chi connectivity index (χ0v) is 16.9. The summed E-state index contributed by atoms with van der Waals surface area (Å²) in [6.07, 6.45) is 8.65. The van der Waals surface area contributed by atoms with E-state index >= 15 is 0 Å². The molecule has 0 spiro atoms. The first-order valence-electron chi connectivity index (χ1n) is 10.5. The highest BCUT2D eigenvalue weighted by molar-refractivity contribution is 6.99. The normalized spacial score (nSPS) is 32.7. The molecule has 136 valence electrons. The van der Waals surface area contributed by atoms with Gasteiger partial charge in [-0.25, -0.2) is 0 Å². The van der Waals surface area contributed by atoms with Gasteiger partial charge in [-0.2, -0.15) is 0 Å². The fraction of sp³-hybridized carbons (Fsp3) is 0.500. The van der Waals surface area contributed by atoms with Crippen molar-refractivity contribution in [3.05, 3.63) is 60.7 Å². The fourth-order valence-corrected chi connectivity index (χ4v) is 12.9. The molecule has 2 aromatic carbocycles. The molecule has 0 aliphatic heterocycles. The van der Waals surface area contributed by atoms with Crippen LogP contribution in [-0.2, 0) is 4.43 Å².